The molecular formula is C11H16BrNO. The number of aryl methyl sites for hydroxylation is 1. The van der Waals surface area contributed by atoms with E-state index >= 15 is 0 Å². The number of hydrogen-bond donors (Lipinski definition) is 2. The van der Waals surface area contributed by atoms with Crippen molar-refractivity contribution < 1.29 is 5.11 Å². The molecule has 78 valence electrons. The molecule has 2 N–H and O–H groups in total. The molecule has 0 radical (unpaired) electrons. The largest absolute Gasteiger partial charge is 0.396 e. The average Bonchev–Trinajstić information content (AvgIpc) is 2.15. The summed E-state index contributed by atoms with van der Waals surface area (Å²) in [6.45, 7) is 3.28. The Kier molecular flexibility index (Phi) is 4.98. The lowest BCUT2D eigenvalue weighted by atomic mass is 10.2. The Hall–Kier alpha value is -0.540. The van der Waals surface area contributed by atoms with E-state index in [0.717, 1.165) is 23.9 Å². The molecular weight excluding hydrogens is 242 g/mol. The first-order chi connectivity index (χ1) is 6.74. The maximum atomic E-state index is 8.62. The summed E-state index contributed by atoms with van der Waals surface area (Å²) in [7, 11) is 0. The third-order valence-electron chi connectivity index (χ3n) is 2.09. The van der Waals surface area contributed by atoms with Crippen LogP contribution >= 0.6 is 15.9 Å². The Bertz CT molecular complexity index is 289. The third-order valence-corrected chi connectivity index (χ3v) is 2.58. The number of hydrogen-bond acceptors (Lipinski definition) is 2. The van der Waals surface area contributed by atoms with Crippen LogP contribution in [0, 0.1) is 6.92 Å². The lowest BCUT2D eigenvalue weighted by Gasteiger charge is -2.09. The fourth-order valence-corrected chi connectivity index (χ4v) is 1.76. The maximum Gasteiger partial charge on any atom is 0.0431 e. The van der Waals surface area contributed by atoms with Crippen molar-refractivity contribution in [2.75, 3.05) is 18.5 Å². The highest BCUT2D eigenvalue weighted by atomic mass is 79.9. The van der Waals surface area contributed by atoms with Crippen molar-refractivity contribution in [1.82, 2.24) is 0 Å². The minimum atomic E-state index is 0.279. The van der Waals surface area contributed by atoms with E-state index in [9.17, 15) is 0 Å². The van der Waals surface area contributed by atoms with E-state index in [2.05, 4.69) is 40.3 Å². The molecule has 14 heavy (non-hydrogen) atoms. The van der Waals surface area contributed by atoms with Crippen molar-refractivity contribution in [3.8, 4) is 0 Å². The second-order valence-electron chi connectivity index (χ2n) is 3.32. The molecule has 0 aliphatic heterocycles. The zero-order valence-corrected chi connectivity index (χ0v) is 9.97. The number of benzene rings is 1. The molecule has 0 heterocycles. The van der Waals surface area contributed by atoms with Crippen LogP contribution in [0.25, 0.3) is 0 Å². The molecule has 1 aromatic rings. The van der Waals surface area contributed by atoms with Crippen molar-refractivity contribution in [3.05, 3.63) is 28.2 Å². The molecule has 0 unspecified atom stereocenters. The van der Waals surface area contributed by atoms with Crippen LogP contribution in [0.4, 0.5) is 5.69 Å². The van der Waals surface area contributed by atoms with E-state index in [1.165, 1.54) is 11.3 Å². The van der Waals surface area contributed by atoms with Crippen molar-refractivity contribution in [2.45, 2.75) is 19.8 Å². The molecule has 0 aliphatic rings. The normalized spacial score (nSPS) is 10.2. The molecule has 2 nitrogen and oxygen atoms in total. The van der Waals surface area contributed by atoms with Gasteiger partial charge in [-0.15, -0.1) is 0 Å². The van der Waals surface area contributed by atoms with Crippen LogP contribution in [0.1, 0.15) is 18.4 Å². The minimum Gasteiger partial charge on any atom is -0.396 e. The molecule has 0 saturated carbocycles. The summed E-state index contributed by atoms with van der Waals surface area (Å²) in [6.07, 6.45) is 1.87. The minimum absolute atomic E-state index is 0.279. The molecule has 0 amide bonds. The first-order valence-electron chi connectivity index (χ1n) is 4.85. The summed E-state index contributed by atoms with van der Waals surface area (Å²) in [6, 6.07) is 6.19. The number of anilines is 1. The van der Waals surface area contributed by atoms with E-state index in [4.69, 9.17) is 5.11 Å². The number of nitrogens with one attached hydrogen (secondary N) is 1. The molecule has 0 bridgehead atoms. The van der Waals surface area contributed by atoms with Gasteiger partial charge in [0.25, 0.3) is 0 Å². The average molecular weight is 258 g/mol. The monoisotopic (exact) mass is 257 g/mol. The topological polar surface area (TPSA) is 32.3 Å². The summed E-state index contributed by atoms with van der Waals surface area (Å²) in [4.78, 5) is 0. The summed E-state index contributed by atoms with van der Waals surface area (Å²) < 4.78 is 1.11. The number of unbranched alkanes of at least 4 members (excludes halogenated alkanes) is 1. The smallest absolute Gasteiger partial charge is 0.0431 e. The number of aliphatic hydroxyl groups excluding tert-OH is 1. The van der Waals surface area contributed by atoms with E-state index in [1.54, 1.807) is 0 Å². The fraction of sp³-hybridized carbons (Fsp3) is 0.455. The van der Waals surface area contributed by atoms with Gasteiger partial charge in [0.15, 0.2) is 0 Å². The van der Waals surface area contributed by atoms with E-state index < -0.39 is 0 Å². The lowest BCUT2D eigenvalue weighted by Crippen LogP contribution is -2.03. The van der Waals surface area contributed by atoms with Gasteiger partial charge in [-0.05, 0) is 43.5 Å². The first-order valence-corrected chi connectivity index (χ1v) is 5.64. The van der Waals surface area contributed by atoms with Gasteiger partial charge in [-0.25, -0.2) is 0 Å². The van der Waals surface area contributed by atoms with Gasteiger partial charge < -0.3 is 10.4 Å². The second-order valence-corrected chi connectivity index (χ2v) is 4.23. The van der Waals surface area contributed by atoms with Crippen molar-refractivity contribution in [2.24, 2.45) is 0 Å². The van der Waals surface area contributed by atoms with Gasteiger partial charge in [-0.3, -0.25) is 0 Å². The van der Waals surface area contributed by atoms with Crippen LogP contribution in [-0.2, 0) is 0 Å². The molecule has 0 spiro atoms. The summed E-state index contributed by atoms with van der Waals surface area (Å²) in [5, 5.41) is 12.0. The zero-order chi connectivity index (χ0) is 10.4. The Labute approximate surface area is 93.5 Å². The van der Waals surface area contributed by atoms with Gasteiger partial charge in [0.2, 0.25) is 0 Å². The quantitative estimate of drug-likeness (QED) is 0.796. The highest BCUT2D eigenvalue weighted by Gasteiger charge is 1.97. The summed E-state index contributed by atoms with van der Waals surface area (Å²) >= 11 is 3.43. The molecule has 0 aromatic heterocycles. The van der Waals surface area contributed by atoms with Gasteiger partial charge in [0.1, 0.15) is 0 Å². The summed E-state index contributed by atoms with van der Waals surface area (Å²) in [5.41, 5.74) is 2.41. The Morgan fingerprint density at radius 1 is 1.36 bits per heavy atom. The maximum absolute atomic E-state index is 8.62. The van der Waals surface area contributed by atoms with Crippen LogP contribution < -0.4 is 5.32 Å². The zero-order valence-electron chi connectivity index (χ0n) is 8.39. The van der Waals surface area contributed by atoms with Gasteiger partial charge in [-0.2, -0.15) is 0 Å². The Balaban J connectivity index is 2.42. The predicted molar refractivity (Wildman–Crippen MR) is 63.7 cm³/mol. The second kappa shape index (κ2) is 6.04. The van der Waals surface area contributed by atoms with Crippen molar-refractivity contribution >= 4 is 21.6 Å². The van der Waals surface area contributed by atoms with Crippen LogP contribution in [0.3, 0.4) is 0 Å². The standard InChI is InChI=1S/C11H16BrNO/c1-9-8-10(12)4-5-11(9)13-6-2-3-7-14/h4-5,8,13-14H,2-3,6-7H2,1H3. The predicted octanol–water partition coefficient (Wildman–Crippen LogP) is 2.94. The fourth-order valence-electron chi connectivity index (χ4n) is 1.29. The van der Waals surface area contributed by atoms with Crippen LogP contribution in [0.5, 0.6) is 0 Å². The van der Waals surface area contributed by atoms with Gasteiger partial charge in [0.05, 0.1) is 0 Å². The first kappa shape index (κ1) is 11.5. The number of aliphatic hydroxyl groups is 1. The summed E-state index contributed by atoms with van der Waals surface area (Å²) in [5.74, 6) is 0. The van der Waals surface area contributed by atoms with E-state index in [0.29, 0.717) is 0 Å². The highest BCUT2D eigenvalue weighted by Crippen LogP contribution is 2.19. The molecule has 0 aliphatic carbocycles. The molecule has 1 rings (SSSR count). The van der Waals surface area contributed by atoms with Crippen molar-refractivity contribution in [1.29, 1.82) is 0 Å². The van der Waals surface area contributed by atoms with Crippen LogP contribution in [0.2, 0.25) is 0 Å². The van der Waals surface area contributed by atoms with Gasteiger partial charge in [-0.1, -0.05) is 15.9 Å². The lowest BCUT2D eigenvalue weighted by molar-refractivity contribution is 0.286. The number of halogens is 1. The third kappa shape index (κ3) is 3.68. The van der Waals surface area contributed by atoms with Gasteiger partial charge >= 0.3 is 0 Å². The molecule has 0 fully saturated rings. The molecule has 0 atom stereocenters. The van der Waals surface area contributed by atoms with Gasteiger partial charge in [0, 0.05) is 23.3 Å². The van der Waals surface area contributed by atoms with E-state index in [-0.39, 0.29) is 6.61 Å². The number of rotatable bonds is 5. The van der Waals surface area contributed by atoms with Crippen LogP contribution in [-0.4, -0.2) is 18.3 Å². The SMILES string of the molecule is Cc1cc(Br)ccc1NCCCCO. The highest BCUT2D eigenvalue weighted by molar-refractivity contribution is 9.10. The van der Waals surface area contributed by atoms with Crippen molar-refractivity contribution in [3.63, 3.8) is 0 Å². The van der Waals surface area contributed by atoms with Crippen LogP contribution in [0.15, 0.2) is 22.7 Å². The molecule has 3 heteroatoms. The van der Waals surface area contributed by atoms with E-state index in [1.807, 2.05) is 6.07 Å². The molecule has 1 aromatic carbocycles. The Morgan fingerprint density at radius 3 is 2.79 bits per heavy atom. The molecule has 0 saturated heterocycles. The Morgan fingerprint density at radius 2 is 2.14 bits per heavy atom.